The highest BCUT2D eigenvalue weighted by Crippen LogP contribution is 2.43. The third kappa shape index (κ3) is 5.24. The average molecular weight is 568 g/mol. The molecule has 37 heavy (non-hydrogen) atoms. The largest absolute Gasteiger partial charge is 0.549 e. The van der Waals surface area contributed by atoms with E-state index in [2.05, 4.69) is 20.4 Å². The number of fused-ring (bicyclic) bond motifs is 1. The zero-order valence-corrected chi connectivity index (χ0v) is 22.3. The number of carboxylic acid groups (broad SMARTS) is 1. The topological polar surface area (TPSA) is 219 Å². The summed E-state index contributed by atoms with van der Waals surface area (Å²) in [5.74, 6) is -1.52. The van der Waals surface area contributed by atoms with Crippen molar-refractivity contribution >= 4 is 75.1 Å². The van der Waals surface area contributed by atoms with Crippen LogP contribution >= 0.6 is 34.9 Å². The van der Waals surface area contributed by atoms with Crippen molar-refractivity contribution in [2.24, 2.45) is 17.6 Å². The van der Waals surface area contributed by atoms with Gasteiger partial charge in [0, 0.05) is 28.8 Å². The van der Waals surface area contributed by atoms with Gasteiger partial charge in [-0.15, -0.1) is 23.1 Å². The predicted molar refractivity (Wildman–Crippen MR) is 137 cm³/mol. The Hall–Kier alpha value is -3.31. The third-order valence-corrected chi connectivity index (χ3v) is 9.38. The van der Waals surface area contributed by atoms with Crippen molar-refractivity contribution in [1.82, 2.24) is 20.2 Å². The summed E-state index contributed by atoms with van der Waals surface area (Å²) < 4.78 is 1.60. The lowest BCUT2D eigenvalue weighted by molar-refractivity contribution is -0.698. The molecule has 2 unspecified atom stereocenters. The number of hydrogen-bond donors (Lipinski definition) is 4. The number of oxime groups is 1. The van der Waals surface area contributed by atoms with Crippen LogP contribution in [-0.4, -0.2) is 74.4 Å². The number of nitrogen functional groups attached to an aromatic ring is 3. The van der Waals surface area contributed by atoms with E-state index < -0.39 is 34.6 Å². The first-order valence-electron chi connectivity index (χ1n) is 11.0. The number of hydrogen-bond acceptors (Lipinski definition) is 14. The van der Waals surface area contributed by atoms with Gasteiger partial charge in [0.25, 0.3) is 5.91 Å². The molecule has 2 aromatic rings. The van der Waals surface area contributed by atoms with Crippen LogP contribution in [0.25, 0.3) is 0 Å². The molecular formula is C20H25N9O5S3. The molecule has 2 amide bonds. The van der Waals surface area contributed by atoms with Crippen LogP contribution in [0.5, 0.6) is 0 Å². The van der Waals surface area contributed by atoms with Gasteiger partial charge in [0.2, 0.25) is 17.5 Å². The summed E-state index contributed by atoms with van der Waals surface area (Å²) in [6, 6.07) is 0.640. The molecule has 0 saturated carbocycles. The van der Waals surface area contributed by atoms with E-state index >= 15 is 0 Å². The summed E-state index contributed by atoms with van der Waals surface area (Å²) >= 11 is 3.55. The standard InChI is InChI=1S/C20H25N9O5S3/c1-3-34-27-12(9-5-35-18(23)24-9)14(30)26-13-15(31)29-6-20(17(32)33,7-36-16(13)29)8-37-19-25-10(21)4-11(22)28(19)2/h4-5,13,16H,3,6-8H2,1-2H3,(H7,21,22,23,24,26,30,32,33)/t13?,16-,20?/m1/s1. The molecule has 0 aliphatic carbocycles. The van der Waals surface area contributed by atoms with Gasteiger partial charge in [-0.25, -0.2) is 9.55 Å². The number of rotatable bonds is 9. The normalized spacial score (nSPS) is 23.2. The first kappa shape index (κ1) is 26.7. The van der Waals surface area contributed by atoms with Crippen LogP contribution in [0.4, 0.5) is 16.8 Å². The highest BCUT2D eigenvalue weighted by atomic mass is 32.2. The van der Waals surface area contributed by atoms with E-state index in [4.69, 9.17) is 22.0 Å². The Kier molecular flexibility index (Phi) is 7.65. The lowest BCUT2D eigenvalue weighted by Gasteiger charge is -2.55. The van der Waals surface area contributed by atoms with E-state index in [1.54, 1.807) is 23.9 Å². The van der Waals surface area contributed by atoms with Crippen LogP contribution in [0, 0.1) is 5.41 Å². The molecule has 3 atom stereocenters. The zero-order valence-electron chi connectivity index (χ0n) is 19.9. The summed E-state index contributed by atoms with van der Waals surface area (Å²) in [6.07, 6.45) is 0. The summed E-state index contributed by atoms with van der Waals surface area (Å²) in [5, 5.41) is 20.5. The molecule has 0 aromatic carbocycles. The number of carbonyl (C=O) groups excluding carboxylic acids is 3. The van der Waals surface area contributed by atoms with Crippen molar-refractivity contribution in [2.45, 2.75) is 23.5 Å². The van der Waals surface area contributed by atoms with Gasteiger partial charge >= 0.3 is 5.16 Å². The molecule has 2 aromatic heterocycles. The molecule has 2 saturated heterocycles. The van der Waals surface area contributed by atoms with Crippen molar-refractivity contribution < 1.29 is 28.9 Å². The molecular weight excluding hydrogens is 542 g/mol. The first-order chi connectivity index (χ1) is 17.6. The van der Waals surface area contributed by atoms with E-state index in [1.807, 2.05) is 0 Å². The smallest absolute Gasteiger partial charge is 0.300 e. The zero-order chi connectivity index (χ0) is 26.9. The number of nitrogens with one attached hydrogen (secondary N) is 1. The number of aliphatic carboxylic acids is 1. The molecule has 0 bridgehead atoms. The van der Waals surface area contributed by atoms with Gasteiger partial charge in [0.05, 0.1) is 19.1 Å². The highest BCUT2D eigenvalue weighted by molar-refractivity contribution is 8.00. The number of anilines is 3. The first-order valence-corrected chi connectivity index (χ1v) is 13.9. The number of thioether (sulfide) groups is 2. The Labute approximate surface area is 224 Å². The highest BCUT2D eigenvalue weighted by Gasteiger charge is 2.56. The van der Waals surface area contributed by atoms with Crippen LogP contribution in [0.1, 0.15) is 12.6 Å². The van der Waals surface area contributed by atoms with Crippen molar-refractivity contribution in [3.8, 4) is 0 Å². The summed E-state index contributed by atoms with van der Waals surface area (Å²) in [5.41, 5.74) is 16.1. The maximum atomic E-state index is 13.0. The maximum Gasteiger partial charge on any atom is 0.300 e. The second-order valence-corrected chi connectivity index (χ2v) is 11.3. The Balaban J connectivity index is 1.45. The number of nitrogens with zero attached hydrogens (tertiary/aromatic N) is 5. The van der Waals surface area contributed by atoms with E-state index in [9.17, 15) is 19.5 Å². The number of carboxylic acids is 1. The van der Waals surface area contributed by atoms with Crippen LogP contribution in [-0.2, 0) is 26.3 Å². The van der Waals surface area contributed by atoms with Gasteiger partial charge in [-0.2, -0.15) is 0 Å². The number of amides is 2. The summed E-state index contributed by atoms with van der Waals surface area (Å²) in [7, 11) is 1.69. The van der Waals surface area contributed by atoms with Crippen LogP contribution in [0.3, 0.4) is 0 Å². The van der Waals surface area contributed by atoms with E-state index in [-0.39, 0.29) is 47.0 Å². The van der Waals surface area contributed by atoms with Gasteiger partial charge in [-0.3, -0.25) is 9.59 Å². The van der Waals surface area contributed by atoms with Crippen LogP contribution in [0.2, 0.25) is 0 Å². The fourth-order valence-electron chi connectivity index (χ4n) is 3.75. The summed E-state index contributed by atoms with van der Waals surface area (Å²) in [4.78, 5) is 52.9. The molecule has 7 N–H and O–H groups in total. The second-order valence-electron chi connectivity index (χ2n) is 8.35. The summed E-state index contributed by atoms with van der Waals surface area (Å²) in [6.45, 7) is 1.86. The van der Waals surface area contributed by atoms with Crippen molar-refractivity contribution in [3.63, 3.8) is 0 Å². The Morgan fingerprint density at radius 2 is 2.16 bits per heavy atom. The Bertz CT molecular complexity index is 1270. The molecule has 0 spiro atoms. The van der Waals surface area contributed by atoms with Crippen molar-refractivity contribution in [1.29, 1.82) is 0 Å². The molecule has 2 fully saturated rings. The SMILES string of the molecule is CCON=C(C(=O)NC1C(=O)N2CC(CSc3nc(N)cc(N)[n+]3C)(C(=O)[O-])CS[C@H]12)c1csc(N)n1. The van der Waals surface area contributed by atoms with Gasteiger partial charge in [-0.1, -0.05) is 21.9 Å². The fraction of sp³-hybridized carbons (Fsp3) is 0.450. The van der Waals surface area contributed by atoms with Crippen molar-refractivity contribution in [3.05, 3.63) is 17.1 Å². The second kappa shape index (κ2) is 10.6. The molecule has 14 nitrogen and oxygen atoms in total. The lowest BCUT2D eigenvalue weighted by atomic mass is 9.89. The number of thiazole rings is 1. The molecule has 198 valence electrons. The number of nitrogens with two attached hydrogens (primary N) is 3. The predicted octanol–water partition coefficient (Wildman–Crippen LogP) is -2.22. The minimum absolute atomic E-state index is 0.0742. The molecule has 2 aliphatic heterocycles. The average Bonchev–Trinajstić information content (AvgIpc) is 3.29. The lowest BCUT2D eigenvalue weighted by Crippen LogP contribution is -2.75. The molecule has 2 aliphatic rings. The Morgan fingerprint density at radius 1 is 1.41 bits per heavy atom. The van der Waals surface area contributed by atoms with Crippen molar-refractivity contribution in [2.75, 3.05) is 41.9 Å². The van der Waals surface area contributed by atoms with Gasteiger partial charge in [0.15, 0.2) is 10.8 Å². The van der Waals surface area contributed by atoms with Gasteiger partial charge in [0.1, 0.15) is 23.7 Å². The van der Waals surface area contributed by atoms with E-state index in [0.717, 1.165) is 23.1 Å². The number of aromatic nitrogens is 3. The minimum Gasteiger partial charge on any atom is -0.549 e. The minimum atomic E-state index is -1.34. The van der Waals surface area contributed by atoms with E-state index in [0.29, 0.717) is 11.0 Å². The third-order valence-electron chi connectivity index (χ3n) is 5.80. The molecule has 4 rings (SSSR count). The molecule has 4 heterocycles. The fourth-order valence-corrected chi connectivity index (χ4v) is 7.14. The molecule has 0 radical (unpaired) electrons. The van der Waals surface area contributed by atoms with E-state index in [1.165, 1.54) is 22.7 Å². The monoisotopic (exact) mass is 567 g/mol. The number of carbonyl (C=O) groups is 3. The number of β-lactam (4-membered cyclic amide) rings is 1. The maximum absolute atomic E-state index is 13.0. The molecule has 17 heteroatoms. The quantitative estimate of drug-likeness (QED) is 0.0632. The van der Waals surface area contributed by atoms with Crippen LogP contribution < -0.4 is 32.2 Å². The van der Waals surface area contributed by atoms with Gasteiger partial charge < -0.3 is 42.2 Å². The Morgan fingerprint density at radius 3 is 2.81 bits per heavy atom. The van der Waals surface area contributed by atoms with Crippen LogP contribution in [0.15, 0.2) is 21.8 Å². The van der Waals surface area contributed by atoms with Gasteiger partial charge in [-0.05, 0) is 6.92 Å².